The van der Waals surface area contributed by atoms with Crippen LogP contribution in [0.15, 0.2) is 30.3 Å². The molecule has 96 heavy (non-hydrogen) atoms. The Morgan fingerprint density at radius 1 is 0.438 bits per heavy atom. The zero-order valence-electron chi connectivity index (χ0n) is 55.3. The van der Waals surface area contributed by atoms with E-state index in [1.54, 1.807) is 58.0 Å². The molecule has 0 unspecified atom stereocenters. The lowest BCUT2D eigenvalue weighted by Crippen LogP contribution is -2.61. The lowest BCUT2D eigenvalue weighted by Gasteiger charge is -2.30. The van der Waals surface area contributed by atoms with Crippen molar-refractivity contribution < 1.29 is 72.9 Å². The van der Waals surface area contributed by atoms with Crippen LogP contribution in [0, 0.1) is 28.1 Å². The Labute approximate surface area is 558 Å². The maximum atomic E-state index is 14.8. The van der Waals surface area contributed by atoms with Gasteiger partial charge in [-0.05, 0) is 120 Å². The molecule has 36 heteroatoms. The molecule has 0 aliphatic heterocycles. The Morgan fingerprint density at radius 3 is 1.17 bits per heavy atom. The summed E-state index contributed by atoms with van der Waals surface area (Å²) in [5.41, 5.74) is 34.5. The third kappa shape index (κ3) is 35.7. The number of carboxylic acids is 3. The second-order valence-electron chi connectivity index (χ2n) is 23.7. The van der Waals surface area contributed by atoms with Gasteiger partial charge in [-0.15, -0.1) is 0 Å². The maximum Gasteiger partial charge on any atom is 0.326 e. The van der Waals surface area contributed by atoms with Crippen LogP contribution in [0.5, 0.6) is 0 Å². The van der Waals surface area contributed by atoms with E-state index >= 15 is 0 Å². The summed E-state index contributed by atoms with van der Waals surface area (Å²) in [6, 6.07) is -6.02. The van der Waals surface area contributed by atoms with E-state index in [1.807, 2.05) is 0 Å². The highest BCUT2D eigenvalue weighted by Crippen LogP contribution is 2.15. The van der Waals surface area contributed by atoms with Gasteiger partial charge in [0.2, 0.25) is 53.2 Å². The van der Waals surface area contributed by atoms with Gasteiger partial charge in [0, 0.05) is 32.5 Å². The van der Waals surface area contributed by atoms with Crippen molar-refractivity contribution >= 4 is 89.0 Å². The van der Waals surface area contributed by atoms with Crippen LogP contribution in [0.4, 0.5) is 0 Å². The number of unbranched alkanes of at least 4 members (excludes halogenated alkanes) is 2. The van der Waals surface area contributed by atoms with Gasteiger partial charge < -0.3 is 114 Å². The highest BCUT2D eigenvalue weighted by molar-refractivity contribution is 5.99. The van der Waals surface area contributed by atoms with Gasteiger partial charge in [-0.3, -0.25) is 69.0 Å². The molecule has 0 aromatic heterocycles. The van der Waals surface area contributed by atoms with Crippen LogP contribution >= 0.6 is 0 Å². The van der Waals surface area contributed by atoms with Gasteiger partial charge in [-0.1, -0.05) is 64.4 Å². The van der Waals surface area contributed by atoms with Crippen molar-refractivity contribution in [3.8, 4) is 0 Å². The molecular weight excluding hydrogens is 1250 g/mol. The van der Waals surface area contributed by atoms with Crippen molar-refractivity contribution in [1.82, 2.24) is 63.8 Å². The summed E-state index contributed by atoms with van der Waals surface area (Å²) in [6.45, 7) is 7.43. The minimum Gasteiger partial charge on any atom is -0.481 e. The van der Waals surface area contributed by atoms with E-state index in [9.17, 15) is 67.7 Å². The Morgan fingerprint density at radius 2 is 0.792 bits per heavy atom. The Balaban J connectivity index is 3.82. The second-order valence-corrected chi connectivity index (χ2v) is 23.7. The van der Waals surface area contributed by atoms with Gasteiger partial charge in [0.15, 0.2) is 17.9 Å². The predicted octanol–water partition coefficient (Wildman–Crippen LogP) is -4.52. The van der Waals surface area contributed by atoms with Gasteiger partial charge in [-0.2, -0.15) is 0 Å². The Bertz CT molecular complexity index is 2730. The molecule has 0 fully saturated rings. The number of guanidine groups is 3. The van der Waals surface area contributed by atoms with Crippen molar-refractivity contribution in [3.05, 3.63) is 35.9 Å². The van der Waals surface area contributed by atoms with Crippen LogP contribution in [0.1, 0.15) is 142 Å². The van der Waals surface area contributed by atoms with Crippen LogP contribution in [0.25, 0.3) is 0 Å². The smallest absolute Gasteiger partial charge is 0.326 e. The molecule has 0 bridgehead atoms. The normalized spacial score (nSPS) is 14.4. The van der Waals surface area contributed by atoms with Gasteiger partial charge in [0.05, 0.1) is 12.5 Å². The molecule has 1 aromatic carbocycles. The average molecular weight is 1360 g/mol. The third-order valence-electron chi connectivity index (χ3n) is 15.1. The summed E-state index contributed by atoms with van der Waals surface area (Å²) < 4.78 is 0. The largest absolute Gasteiger partial charge is 0.481 e. The Hall–Kier alpha value is -9.45. The minimum absolute atomic E-state index is 0.0205. The van der Waals surface area contributed by atoms with E-state index in [2.05, 4.69) is 63.8 Å². The molecular formula is C60H105N21O15. The molecule has 1 aromatic rings. The van der Waals surface area contributed by atoms with Gasteiger partial charge in [-0.25, -0.2) is 4.79 Å². The molecule has 0 aliphatic rings. The monoisotopic (exact) mass is 1360 g/mol. The first-order valence-corrected chi connectivity index (χ1v) is 32.2. The van der Waals surface area contributed by atoms with Crippen LogP contribution < -0.4 is 98.2 Å². The number of nitrogens with one attached hydrogen (secondary N) is 15. The summed E-state index contributed by atoms with van der Waals surface area (Å²) in [7, 11) is 0. The van der Waals surface area contributed by atoms with Crippen LogP contribution in [0.3, 0.4) is 0 Å². The predicted molar refractivity (Wildman–Crippen MR) is 354 cm³/mol. The van der Waals surface area contributed by atoms with Gasteiger partial charge >= 0.3 is 17.9 Å². The van der Waals surface area contributed by atoms with Crippen LogP contribution in [-0.2, 0) is 64.0 Å². The molecule has 9 amide bonds. The fourth-order valence-corrected chi connectivity index (χ4v) is 9.59. The minimum atomic E-state index is -1.89. The molecule has 1 rings (SSSR count). The van der Waals surface area contributed by atoms with Crippen LogP contribution in [-0.4, -0.2) is 197 Å². The molecule has 11 atom stereocenters. The van der Waals surface area contributed by atoms with E-state index in [0.29, 0.717) is 24.8 Å². The van der Waals surface area contributed by atoms with E-state index in [0.717, 1.165) is 0 Å². The number of carbonyl (C=O) groups is 12. The molecule has 30 N–H and O–H groups in total. The molecule has 0 aliphatic carbocycles. The van der Waals surface area contributed by atoms with Crippen molar-refractivity contribution in [2.75, 3.05) is 32.7 Å². The van der Waals surface area contributed by atoms with Gasteiger partial charge in [0.25, 0.3) is 0 Å². The zero-order valence-corrected chi connectivity index (χ0v) is 55.3. The number of rotatable bonds is 50. The molecule has 540 valence electrons. The highest BCUT2D eigenvalue weighted by atomic mass is 16.4. The van der Waals surface area contributed by atoms with E-state index < -0.39 is 162 Å². The standard InChI is InChI=1S/C60H105N21O15/c1-5-34(4)47(56(94)77-40(21-14-28-71-59(66)67)52(90)80-44(57(95)96)32-46(84)85)81-53(91)41(22-15-29-72-60(68)69)75-50(88)38(19-10-12-26-62)76-54(92)42(30-33(2)3)78-55(93)43(31-35-16-7-6-8-17-35)79-51(89)39(20-13-27-70-58(64)65)74-49(87)37(18-9-11-25-61)73-48(86)36(63)23-24-45(82)83/h6-8,16-17,33-34,36-44,47H,5,9-15,18-32,61-63H2,1-4H3,(H,73,86)(H,74,87)(H,75,88)(H,76,92)(H,77,94)(H,78,93)(H,79,89)(H,80,90)(H,81,91)(H,82,83)(H,84,85)(H,95,96)(H4,64,65,70)(H4,66,67,71)(H4,68,69,72)/t34-,36-,37-,38-,39-,40-,41-,42-,43-,44-,47-/m0/s1. The number of aliphatic carboxylic acids is 3. The number of hydrogen-bond donors (Lipinski definition) is 24. The number of carboxylic acid groups (broad SMARTS) is 3. The fraction of sp³-hybridized carbons (Fsp3) is 0.650. The third-order valence-corrected chi connectivity index (χ3v) is 15.1. The lowest BCUT2D eigenvalue weighted by molar-refractivity contribution is -0.147. The molecule has 0 spiro atoms. The summed E-state index contributed by atoms with van der Waals surface area (Å²) >= 11 is 0. The zero-order chi connectivity index (χ0) is 72.5. The number of carbonyl (C=O) groups excluding carboxylic acids is 9. The molecule has 0 saturated carbocycles. The quantitative estimate of drug-likeness (QED) is 0.0166. The number of amides is 9. The lowest BCUT2D eigenvalue weighted by atomic mass is 9.96. The summed E-state index contributed by atoms with van der Waals surface area (Å²) in [6.07, 6.45) is -0.274. The SMILES string of the molecule is CC[C@H](C)[C@H](NC(=O)[C@H](CCCNC(=N)N)NC(=O)[C@H](CCCCN)NC(=O)[C@H](CC(C)C)NC(=O)[C@H](Cc1ccccc1)NC(=O)[C@H](CCCNC(=N)N)NC(=O)[C@H](CCCCN)NC(=O)[C@@H](N)CCC(=O)O)C(=O)N[C@@H](CCCNC(=N)N)C(=O)N[C@@H](CC(=O)O)C(=O)O. The fourth-order valence-electron chi connectivity index (χ4n) is 9.59. The highest BCUT2D eigenvalue weighted by Gasteiger charge is 2.37. The van der Waals surface area contributed by atoms with Crippen molar-refractivity contribution in [3.63, 3.8) is 0 Å². The first-order chi connectivity index (χ1) is 45.3. The average Bonchev–Trinajstić information content (AvgIpc) is 0.972. The first kappa shape index (κ1) is 84.6. The number of hydrogen-bond acceptors (Lipinski definition) is 18. The second kappa shape index (κ2) is 46.6. The molecule has 0 radical (unpaired) electrons. The summed E-state index contributed by atoms with van der Waals surface area (Å²) in [5, 5.41) is 82.0. The van der Waals surface area contributed by atoms with Crippen molar-refractivity contribution in [1.29, 1.82) is 16.2 Å². The maximum absolute atomic E-state index is 14.8. The van der Waals surface area contributed by atoms with E-state index in [-0.39, 0.29) is 128 Å². The first-order valence-electron chi connectivity index (χ1n) is 32.2. The summed E-state index contributed by atoms with van der Waals surface area (Å²) in [4.78, 5) is 163. The van der Waals surface area contributed by atoms with E-state index in [1.165, 1.54) is 0 Å². The molecule has 0 saturated heterocycles. The summed E-state index contributed by atoms with van der Waals surface area (Å²) in [5.74, 6) is -14.5. The number of nitrogens with two attached hydrogens (primary N) is 6. The van der Waals surface area contributed by atoms with E-state index in [4.69, 9.17) is 55.7 Å². The van der Waals surface area contributed by atoms with Crippen LogP contribution in [0.2, 0.25) is 0 Å². The number of benzene rings is 1. The van der Waals surface area contributed by atoms with Crippen molar-refractivity contribution in [2.45, 2.75) is 204 Å². The Kier molecular flexibility index (Phi) is 41.1. The molecule has 36 nitrogen and oxygen atoms in total. The topological polar surface area (TPSA) is 638 Å². The van der Waals surface area contributed by atoms with Gasteiger partial charge in [0.1, 0.15) is 54.4 Å². The molecule has 0 heterocycles. The van der Waals surface area contributed by atoms with Crippen molar-refractivity contribution in [2.24, 2.45) is 46.2 Å².